The van der Waals surface area contributed by atoms with Crippen LogP contribution in [0.4, 0.5) is 0 Å². The molecule has 26 heavy (non-hydrogen) atoms. The van der Waals surface area contributed by atoms with E-state index in [1.807, 2.05) is 35.1 Å². The number of nitrogens with one attached hydrogen (secondary N) is 1. The summed E-state index contributed by atoms with van der Waals surface area (Å²) in [6, 6.07) is 10.7. The molecule has 0 bridgehead atoms. The Morgan fingerprint density at radius 3 is 3.04 bits per heavy atom. The Morgan fingerprint density at radius 1 is 1.27 bits per heavy atom. The van der Waals surface area contributed by atoms with Crippen LogP contribution in [0, 0.1) is 0 Å². The summed E-state index contributed by atoms with van der Waals surface area (Å²) in [7, 11) is 0. The minimum absolute atomic E-state index is 0.179. The number of carbonyl (C=O) groups is 1. The van der Waals surface area contributed by atoms with Crippen molar-refractivity contribution in [3.8, 4) is 11.5 Å². The second-order valence-corrected chi connectivity index (χ2v) is 6.85. The van der Waals surface area contributed by atoms with Crippen molar-refractivity contribution < 1.29 is 14.3 Å². The number of hydrogen-bond acceptors (Lipinski definition) is 6. The summed E-state index contributed by atoms with van der Waals surface area (Å²) < 4.78 is 12.6. The lowest BCUT2D eigenvalue weighted by Gasteiger charge is -2.17. The predicted octanol–water partition coefficient (Wildman–Crippen LogP) is 2.68. The summed E-state index contributed by atoms with van der Waals surface area (Å²) in [6.07, 6.45) is 4.70. The lowest BCUT2D eigenvalue weighted by atomic mass is 10.1. The molecular weight excluding hydrogens is 352 g/mol. The van der Waals surface area contributed by atoms with Gasteiger partial charge in [0.05, 0.1) is 6.04 Å². The highest BCUT2D eigenvalue weighted by atomic mass is 32.2. The lowest BCUT2D eigenvalue weighted by Crippen LogP contribution is -2.30. The maximum atomic E-state index is 12.8. The minimum Gasteiger partial charge on any atom is -0.454 e. The molecule has 8 heteroatoms. The van der Waals surface area contributed by atoms with Crippen molar-refractivity contribution in [2.24, 2.45) is 0 Å². The zero-order chi connectivity index (χ0) is 17.9. The lowest BCUT2D eigenvalue weighted by molar-refractivity contribution is 0.0933. The number of pyridine rings is 1. The fraction of sp³-hybridized carbons (Fsp3) is 0.278. The Kier molecular flexibility index (Phi) is 4.66. The van der Waals surface area contributed by atoms with Gasteiger partial charge in [0, 0.05) is 11.8 Å². The third-order valence-corrected chi connectivity index (χ3v) is 4.85. The standard InChI is InChI=1S/C18H18N4O3S/c1-26-9-7-13(17-21-20-16-4-2-3-8-22(16)17)19-18(23)12-5-6-14-15(10-12)25-11-24-14/h2-6,8,10,13H,7,9,11H2,1H3,(H,19,23)/t13-/m1/s1. The van der Waals surface area contributed by atoms with Gasteiger partial charge in [-0.05, 0) is 48.8 Å². The molecule has 0 spiro atoms. The van der Waals surface area contributed by atoms with E-state index in [-0.39, 0.29) is 18.7 Å². The van der Waals surface area contributed by atoms with E-state index < -0.39 is 0 Å². The first kappa shape index (κ1) is 16.7. The summed E-state index contributed by atoms with van der Waals surface area (Å²) in [4.78, 5) is 12.8. The van der Waals surface area contributed by atoms with Gasteiger partial charge in [0.15, 0.2) is 23.0 Å². The predicted molar refractivity (Wildman–Crippen MR) is 98.8 cm³/mol. The van der Waals surface area contributed by atoms with Gasteiger partial charge >= 0.3 is 0 Å². The Balaban J connectivity index is 1.60. The zero-order valence-corrected chi connectivity index (χ0v) is 15.0. The summed E-state index contributed by atoms with van der Waals surface area (Å²) >= 11 is 1.73. The molecule has 134 valence electrons. The molecule has 1 N–H and O–H groups in total. The number of benzene rings is 1. The average molecular weight is 370 g/mol. The first-order valence-corrected chi connectivity index (χ1v) is 9.65. The second-order valence-electron chi connectivity index (χ2n) is 5.86. The molecule has 2 aromatic heterocycles. The SMILES string of the molecule is CSCC[C@@H](NC(=O)c1ccc2c(c1)OCO2)c1nnc2ccccn12. The molecule has 4 rings (SSSR count). The van der Waals surface area contributed by atoms with Crippen molar-refractivity contribution in [2.75, 3.05) is 18.8 Å². The molecule has 0 radical (unpaired) electrons. The van der Waals surface area contributed by atoms with Crippen molar-refractivity contribution in [3.05, 3.63) is 54.0 Å². The van der Waals surface area contributed by atoms with E-state index in [0.29, 0.717) is 17.1 Å². The average Bonchev–Trinajstić information content (AvgIpc) is 3.31. The van der Waals surface area contributed by atoms with E-state index in [1.165, 1.54) is 0 Å². The molecule has 0 aliphatic carbocycles. The molecule has 1 aliphatic heterocycles. The highest BCUT2D eigenvalue weighted by Gasteiger charge is 2.22. The van der Waals surface area contributed by atoms with Gasteiger partial charge in [0.25, 0.3) is 5.91 Å². The zero-order valence-electron chi connectivity index (χ0n) is 14.2. The quantitative estimate of drug-likeness (QED) is 0.719. The van der Waals surface area contributed by atoms with Crippen LogP contribution >= 0.6 is 11.8 Å². The van der Waals surface area contributed by atoms with Gasteiger partial charge in [-0.15, -0.1) is 10.2 Å². The Labute approximate surface area is 154 Å². The molecule has 3 heterocycles. The van der Waals surface area contributed by atoms with Gasteiger partial charge in [-0.3, -0.25) is 9.20 Å². The smallest absolute Gasteiger partial charge is 0.252 e. The van der Waals surface area contributed by atoms with Crippen molar-refractivity contribution in [1.29, 1.82) is 0 Å². The minimum atomic E-state index is -0.238. The molecule has 3 aromatic rings. The van der Waals surface area contributed by atoms with Gasteiger partial charge in [0.2, 0.25) is 6.79 Å². The molecule has 1 aromatic carbocycles. The summed E-state index contributed by atoms with van der Waals surface area (Å²) in [5.74, 6) is 2.69. The van der Waals surface area contributed by atoms with Crippen LogP contribution in [0.15, 0.2) is 42.6 Å². The number of rotatable bonds is 6. The van der Waals surface area contributed by atoms with Crippen LogP contribution in [0.1, 0.15) is 28.6 Å². The van der Waals surface area contributed by atoms with E-state index in [4.69, 9.17) is 9.47 Å². The van der Waals surface area contributed by atoms with Crippen LogP contribution in [-0.4, -0.2) is 39.3 Å². The van der Waals surface area contributed by atoms with Crippen molar-refractivity contribution in [3.63, 3.8) is 0 Å². The van der Waals surface area contributed by atoms with Crippen molar-refractivity contribution in [2.45, 2.75) is 12.5 Å². The first-order valence-electron chi connectivity index (χ1n) is 8.25. The molecular formula is C18H18N4O3S. The highest BCUT2D eigenvalue weighted by molar-refractivity contribution is 7.98. The molecule has 1 aliphatic rings. The second kappa shape index (κ2) is 7.25. The van der Waals surface area contributed by atoms with E-state index in [0.717, 1.165) is 23.6 Å². The van der Waals surface area contributed by atoms with E-state index >= 15 is 0 Å². The molecule has 1 amide bonds. The van der Waals surface area contributed by atoms with Gasteiger partial charge < -0.3 is 14.8 Å². The Hall–Kier alpha value is -2.74. The number of thioether (sulfide) groups is 1. The molecule has 0 fully saturated rings. The van der Waals surface area contributed by atoms with Crippen molar-refractivity contribution in [1.82, 2.24) is 19.9 Å². The Bertz CT molecular complexity index is 943. The van der Waals surface area contributed by atoms with Gasteiger partial charge in [0.1, 0.15) is 0 Å². The highest BCUT2D eigenvalue weighted by Crippen LogP contribution is 2.32. The summed E-state index contributed by atoms with van der Waals surface area (Å²) in [5.41, 5.74) is 1.28. The van der Waals surface area contributed by atoms with Crippen LogP contribution in [0.25, 0.3) is 5.65 Å². The topological polar surface area (TPSA) is 77.8 Å². The van der Waals surface area contributed by atoms with Crippen LogP contribution < -0.4 is 14.8 Å². The first-order chi connectivity index (χ1) is 12.8. The molecule has 1 atom stereocenters. The number of hydrogen-bond donors (Lipinski definition) is 1. The van der Waals surface area contributed by atoms with Gasteiger partial charge in [-0.1, -0.05) is 6.07 Å². The van der Waals surface area contributed by atoms with Crippen LogP contribution in [0.3, 0.4) is 0 Å². The van der Waals surface area contributed by atoms with E-state index in [2.05, 4.69) is 15.5 Å². The third-order valence-electron chi connectivity index (χ3n) is 4.20. The number of nitrogens with zero attached hydrogens (tertiary/aromatic N) is 3. The van der Waals surface area contributed by atoms with Gasteiger partial charge in [-0.2, -0.15) is 11.8 Å². The van der Waals surface area contributed by atoms with E-state index in [1.54, 1.807) is 30.0 Å². The fourth-order valence-corrected chi connectivity index (χ4v) is 3.35. The third kappa shape index (κ3) is 3.20. The fourth-order valence-electron chi connectivity index (χ4n) is 2.88. The van der Waals surface area contributed by atoms with Crippen LogP contribution in [-0.2, 0) is 0 Å². The number of carbonyl (C=O) groups excluding carboxylic acids is 1. The van der Waals surface area contributed by atoms with Crippen LogP contribution in [0.5, 0.6) is 11.5 Å². The number of ether oxygens (including phenoxy) is 2. The molecule has 0 unspecified atom stereocenters. The number of aromatic nitrogens is 3. The monoisotopic (exact) mass is 370 g/mol. The Morgan fingerprint density at radius 2 is 2.15 bits per heavy atom. The maximum absolute atomic E-state index is 12.8. The van der Waals surface area contributed by atoms with Crippen molar-refractivity contribution >= 4 is 23.3 Å². The molecule has 0 saturated heterocycles. The summed E-state index contributed by atoms with van der Waals surface area (Å²) in [5, 5.41) is 11.6. The normalized spacial score (nSPS) is 13.7. The van der Waals surface area contributed by atoms with E-state index in [9.17, 15) is 4.79 Å². The number of amides is 1. The molecule has 0 saturated carbocycles. The summed E-state index contributed by atoms with van der Waals surface area (Å²) in [6.45, 7) is 0.183. The molecule has 7 nitrogen and oxygen atoms in total. The maximum Gasteiger partial charge on any atom is 0.252 e. The largest absolute Gasteiger partial charge is 0.454 e. The number of fused-ring (bicyclic) bond motifs is 2. The van der Waals surface area contributed by atoms with Gasteiger partial charge in [-0.25, -0.2) is 0 Å². The van der Waals surface area contributed by atoms with Crippen LogP contribution in [0.2, 0.25) is 0 Å².